The predicted octanol–water partition coefficient (Wildman–Crippen LogP) is 0.529. The van der Waals surface area contributed by atoms with Crippen LogP contribution < -0.4 is 10.2 Å². The van der Waals surface area contributed by atoms with Gasteiger partial charge in [0, 0.05) is 19.6 Å². The number of hydrogen-bond donors (Lipinski definition) is 2. The van der Waals surface area contributed by atoms with E-state index in [-0.39, 0.29) is 11.9 Å². The number of aliphatic hydroxyl groups excluding tert-OH is 1. The van der Waals surface area contributed by atoms with Crippen LogP contribution in [-0.4, -0.2) is 46.3 Å². The molecule has 6 nitrogen and oxygen atoms in total. The topological polar surface area (TPSA) is 74.2 Å². The van der Waals surface area contributed by atoms with Gasteiger partial charge in [-0.05, 0) is 24.4 Å². The largest absolute Gasteiger partial charge is 0.395 e. The van der Waals surface area contributed by atoms with Crippen LogP contribution in [0.15, 0.2) is 0 Å². The Balaban J connectivity index is 2.14. The van der Waals surface area contributed by atoms with E-state index in [1.807, 2.05) is 0 Å². The van der Waals surface area contributed by atoms with E-state index in [0.717, 1.165) is 25.9 Å². The summed E-state index contributed by atoms with van der Waals surface area (Å²) >= 11 is 5.82. The monoisotopic (exact) mass is 243 g/mol. The Labute approximate surface area is 98.7 Å². The number of nitrogens with one attached hydrogen (secondary N) is 1. The van der Waals surface area contributed by atoms with Crippen molar-refractivity contribution in [2.24, 2.45) is 0 Å². The van der Waals surface area contributed by atoms with E-state index >= 15 is 0 Å². The summed E-state index contributed by atoms with van der Waals surface area (Å²) in [5.41, 5.74) is 0. The van der Waals surface area contributed by atoms with E-state index < -0.39 is 0 Å². The highest BCUT2D eigenvalue weighted by Gasteiger charge is 2.16. The van der Waals surface area contributed by atoms with Crippen LogP contribution >= 0.6 is 11.6 Å². The molecule has 0 atom stereocenters. The first-order valence-corrected chi connectivity index (χ1v) is 5.68. The summed E-state index contributed by atoms with van der Waals surface area (Å²) in [4.78, 5) is 14.4. The molecule has 0 aliphatic carbocycles. The third-order valence-electron chi connectivity index (χ3n) is 2.38. The maximum Gasteiger partial charge on any atom is 0.231 e. The molecule has 2 heterocycles. The van der Waals surface area contributed by atoms with Gasteiger partial charge >= 0.3 is 0 Å². The fraction of sp³-hybridized carbons (Fsp3) is 0.667. The predicted molar refractivity (Wildman–Crippen MR) is 61.9 cm³/mol. The first-order chi connectivity index (χ1) is 7.79. The van der Waals surface area contributed by atoms with Crippen molar-refractivity contribution in [1.82, 2.24) is 15.0 Å². The van der Waals surface area contributed by atoms with Crippen LogP contribution in [0.2, 0.25) is 5.28 Å². The molecule has 0 unspecified atom stereocenters. The summed E-state index contributed by atoms with van der Waals surface area (Å²) in [6, 6.07) is 0. The smallest absolute Gasteiger partial charge is 0.231 e. The zero-order valence-electron chi connectivity index (χ0n) is 8.86. The molecule has 0 amide bonds. The molecule has 16 heavy (non-hydrogen) atoms. The summed E-state index contributed by atoms with van der Waals surface area (Å²) in [6.45, 7) is 2.35. The van der Waals surface area contributed by atoms with Crippen molar-refractivity contribution in [3.8, 4) is 0 Å². The molecule has 7 heteroatoms. The van der Waals surface area contributed by atoms with Crippen LogP contribution in [0.3, 0.4) is 0 Å². The number of nitrogens with zero attached hydrogens (tertiary/aromatic N) is 4. The summed E-state index contributed by atoms with van der Waals surface area (Å²) < 4.78 is 0. The summed E-state index contributed by atoms with van der Waals surface area (Å²) in [5, 5.41) is 11.8. The van der Waals surface area contributed by atoms with Crippen LogP contribution in [0, 0.1) is 0 Å². The number of hydrogen-bond acceptors (Lipinski definition) is 6. The molecule has 0 radical (unpaired) electrons. The molecule has 1 fully saturated rings. The lowest BCUT2D eigenvalue weighted by atomic mass is 10.4. The average molecular weight is 244 g/mol. The van der Waals surface area contributed by atoms with Gasteiger partial charge in [0.15, 0.2) is 0 Å². The average Bonchev–Trinajstić information content (AvgIpc) is 2.79. The Morgan fingerprint density at radius 3 is 2.69 bits per heavy atom. The Hall–Kier alpha value is -1.14. The summed E-state index contributed by atoms with van der Waals surface area (Å²) in [5.74, 6) is 1.02. The maximum atomic E-state index is 8.70. The number of rotatable bonds is 4. The van der Waals surface area contributed by atoms with Crippen LogP contribution in [0.5, 0.6) is 0 Å². The van der Waals surface area contributed by atoms with Gasteiger partial charge in [0.1, 0.15) is 0 Å². The van der Waals surface area contributed by atoms with E-state index in [1.54, 1.807) is 0 Å². The van der Waals surface area contributed by atoms with Crippen molar-refractivity contribution in [2.75, 3.05) is 36.5 Å². The van der Waals surface area contributed by atoms with Gasteiger partial charge in [0.05, 0.1) is 6.61 Å². The molecule has 1 aromatic rings. The van der Waals surface area contributed by atoms with Gasteiger partial charge in [0.25, 0.3) is 0 Å². The molecule has 88 valence electrons. The molecular formula is C9H14ClN5O. The first-order valence-electron chi connectivity index (χ1n) is 5.31. The second-order valence-corrected chi connectivity index (χ2v) is 3.91. The van der Waals surface area contributed by atoms with E-state index in [2.05, 4.69) is 25.2 Å². The lowest BCUT2D eigenvalue weighted by molar-refractivity contribution is 0.311. The Bertz CT molecular complexity index is 356. The Morgan fingerprint density at radius 1 is 1.25 bits per heavy atom. The molecular weight excluding hydrogens is 230 g/mol. The minimum absolute atomic E-state index is 0.0301. The summed E-state index contributed by atoms with van der Waals surface area (Å²) in [6.07, 6.45) is 2.31. The van der Waals surface area contributed by atoms with Crippen LogP contribution in [0.4, 0.5) is 11.9 Å². The van der Waals surface area contributed by atoms with Crippen molar-refractivity contribution < 1.29 is 5.11 Å². The Morgan fingerprint density at radius 2 is 2.00 bits per heavy atom. The first kappa shape index (κ1) is 11.3. The van der Waals surface area contributed by atoms with Gasteiger partial charge in [-0.25, -0.2) is 0 Å². The number of aliphatic hydroxyl groups is 1. The van der Waals surface area contributed by atoms with Crippen molar-refractivity contribution in [3.05, 3.63) is 5.28 Å². The van der Waals surface area contributed by atoms with Gasteiger partial charge in [-0.3, -0.25) is 0 Å². The van der Waals surface area contributed by atoms with Crippen molar-refractivity contribution in [2.45, 2.75) is 12.8 Å². The number of halogens is 1. The molecule has 1 aliphatic rings. The highest BCUT2D eigenvalue weighted by molar-refractivity contribution is 6.28. The zero-order valence-corrected chi connectivity index (χ0v) is 9.61. The Kier molecular flexibility index (Phi) is 3.74. The minimum atomic E-state index is 0.0301. The standard InChI is InChI=1S/C9H14ClN5O/c10-7-12-8(11-3-6-16)14-9(13-7)15-4-1-2-5-15/h16H,1-6H2,(H,11,12,13,14). The molecule has 0 bridgehead atoms. The summed E-state index contributed by atoms with van der Waals surface area (Å²) in [7, 11) is 0. The maximum absolute atomic E-state index is 8.70. The van der Waals surface area contributed by atoms with E-state index in [1.165, 1.54) is 0 Å². The van der Waals surface area contributed by atoms with Crippen molar-refractivity contribution >= 4 is 23.5 Å². The van der Waals surface area contributed by atoms with Crippen molar-refractivity contribution in [3.63, 3.8) is 0 Å². The SMILES string of the molecule is OCCNc1nc(Cl)nc(N2CCCC2)n1. The van der Waals surface area contributed by atoms with Gasteiger partial charge in [-0.15, -0.1) is 0 Å². The molecule has 2 N–H and O–H groups in total. The van der Waals surface area contributed by atoms with Crippen LogP contribution in [0.25, 0.3) is 0 Å². The van der Waals surface area contributed by atoms with Crippen molar-refractivity contribution in [1.29, 1.82) is 0 Å². The highest BCUT2D eigenvalue weighted by atomic mass is 35.5. The van der Waals surface area contributed by atoms with E-state index in [0.29, 0.717) is 18.4 Å². The molecule has 1 saturated heterocycles. The third-order valence-corrected chi connectivity index (χ3v) is 2.55. The lowest BCUT2D eigenvalue weighted by Crippen LogP contribution is -2.22. The van der Waals surface area contributed by atoms with Gasteiger partial charge in [0.2, 0.25) is 17.2 Å². The van der Waals surface area contributed by atoms with E-state index in [4.69, 9.17) is 16.7 Å². The fourth-order valence-electron chi connectivity index (χ4n) is 1.64. The van der Waals surface area contributed by atoms with Gasteiger partial charge < -0.3 is 15.3 Å². The normalized spacial score (nSPS) is 15.5. The second-order valence-electron chi connectivity index (χ2n) is 3.57. The highest BCUT2D eigenvalue weighted by Crippen LogP contribution is 2.18. The van der Waals surface area contributed by atoms with Crippen LogP contribution in [0.1, 0.15) is 12.8 Å². The van der Waals surface area contributed by atoms with E-state index in [9.17, 15) is 0 Å². The molecule has 0 saturated carbocycles. The molecule has 0 spiro atoms. The lowest BCUT2D eigenvalue weighted by Gasteiger charge is -2.15. The second kappa shape index (κ2) is 5.27. The quantitative estimate of drug-likeness (QED) is 0.804. The van der Waals surface area contributed by atoms with Gasteiger partial charge in [-0.2, -0.15) is 15.0 Å². The zero-order chi connectivity index (χ0) is 11.4. The minimum Gasteiger partial charge on any atom is -0.395 e. The molecule has 2 rings (SSSR count). The molecule has 0 aromatic carbocycles. The fourth-order valence-corrected chi connectivity index (χ4v) is 1.80. The van der Waals surface area contributed by atoms with Crippen LogP contribution in [-0.2, 0) is 0 Å². The molecule has 1 aliphatic heterocycles. The third kappa shape index (κ3) is 2.70. The number of aromatic nitrogens is 3. The van der Waals surface area contributed by atoms with Gasteiger partial charge in [-0.1, -0.05) is 0 Å². The number of anilines is 2. The molecule has 1 aromatic heterocycles.